The van der Waals surface area contributed by atoms with Crippen LogP contribution in [0.25, 0.3) is 11.3 Å². The normalized spacial score (nSPS) is 11.8. The highest BCUT2D eigenvalue weighted by molar-refractivity contribution is 5.74. The van der Waals surface area contributed by atoms with Crippen LogP contribution in [0, 0.1) is 0 Å². The third kappa shape index (κ3) is 3.16. The van der Waals surface area contributed by atoms with Crippen molar-refractivity contribution in [1.29, 1.82) is 0 Å². The van der Waals surface area contributed by atoms with E-state index in [4.69, 9.17) is 9.47 Å². The van der Waals surface area contributed by atoms with E-state index in [9.17, 15) is 9.59 Å². The molecule has 2 aromatic rings. The Labute approximate surface area is 128 Å². The van der Waals surface area contributed by atoms with Gasteiger partial charge in [-0.15, -0.1) is 0 Å². The summed E-state index contributed by atoms with van der Waals surface area (Å²) in [6, 6.07) is 9.62. The average molecular weight is 302 g/mol. The van der Waals surface area contributed by atoms with E-state index in [0.717, 1.165) is 5.56 Å². The minimum atomic E-state index is -0.733. The Bertz CT molecular complexity index is 724. The molecule has 1 heterocycles. The molecule has 0 spiro atoms. The molecule has 22 heavy (non-hydrogen) atoms. The summed E-state index contributed by atoms with van der Waals surface area (Å²) in [5, 5.41) is 4.31. The second-order valence-corrected chi connectivity index (χ2v) is 4.68. The van der Waals surface area contributed by atoms with E-state index >= 15 is 0 Å². The van der Waals surface area contributed by atoms with Crippen molar-refractivity contribution < 1.29 is 14.3 Å². The summed E-state index contributed by atoms with van der Waals surface area (Å²) in [5.41, 5.74) is 1.04. The number of hydrogen-bond donors (Lipinski definition) is 0. The van der Waals surface area contributed by atoms with Crippen LogP contribution in [0.5, 0.6) is 5.75 Å². The van der Waals surface area contributed by atoms with Crippen molar-refractivity contribution in [1.82, 2.24) is 9.78 Å². The van der Waals surface area contributed by atoms with Gasteiger partial charge in [-0.3, -0.25) is 4.79 Å². The van der Waals surface area contributed by atoms with Crippen LogP contribution in [-0.2, 0) is 9.53 Å². The highest BCUT2D eigenvalue weighted by Crippen LogP contribution is 2.22. The maximum absolute atomic E-state index is 12.0. The minimum absolute atomic E-state index is 0.344. The minimum Gasteiger partial charge on any atom is -0.497 e. The summed E-state index contributed by atoms with van der Waals surface area (Å²) in [6.45, 7) is 1.80. The Hall–Kier alpha value is -2.63. The van der Waals surface area contributed by atoms with E-state index in [1.54, 1.807) is 20.1 Å². The van der Waals surface area contributed by atoms with Crippen molar-refractivity contribution in [2.75, 3.05) is 14.2 Å². The Morgan fingerprint density at radius 3 is 2.68 bits per heavy atom. The lowest BCUT2D eigenvalue weighted by molar-refractivity contribution is -0.145. The van der Waals surface area contributed by atoms with Crippen molar-refractivity contribution in [3.8, 4) is 17.0 Å². The number of rotatable bonds is 5. The Morgan fingerprint density at radius 1 is 1.27 bits per heavy atom. The van der Waals surface area contributed by atoms with Gasteiger partial charge >= 0.3 is 5.97 Å². The van der Waals surface area contributed by atoms with Gasteiger partial charge in [0.05, 0.1) is 19.9 Å². The lowest BCUT2D eigenvalue weighted by Crippen LogP contribution is -2.32. The van der Waals surface area contributed by atoms with Gasteiger partial charge in [0.15, 0.2) is 6.04 Å². The zero-order chi connectivity index (χ0) is 16.1. The predicted octanol–water partition coefficient (Wildman–Crippen LogP) is 2.04. The van der Waals surface area contributed by atoms with Gasteiger partial charge in [0.25, 0.3) is 5.56 Å². The summed E-state index contributed by atoms with van der Waals surface area (Å²) in [7, 11) is 2.87. The molecule has 0 aliphatic carbocycles. The van der Waals surface area contributed by atoms with Crippen LogP contribution in [0.3, 0.4) is 0 Å². The second-order valence-electron chi connectivity index (χ2n) is 4.68. The highest BCUT2D eigenvalue weighted by Gasteiger charge is 2.21. The van der Waals surface area contributed by atoms with E-state index < -0.39 is 12.0 Å². The SMILES string of the molecule is CC[C@H](C(=O)OC)n1nc(-c2cccc(OC)c2)ccc1=O. The smallest absolute Gasteiger partial charge is 0.330 e. The van der Waals surface area contributed by atoms with Gasteiger partial charge in [0.2, 0.25) is 0 Å². The third-order valence-electron chi connectivity index (χ3n) is 3.35. The molecule has 0 aliphatic rings. The largest absolute Gasteiger partial charge is 0.497 e. The molecule has 6 nitrogen and oxygen atoms in total. The molecule has 1 atom stereocenters. The van der Waals surface area contributed by atoms with Crippen molar-refractivity contribution in [2.45, 2.75) is 19.4 Å². The maximum atomic E-state index is 12.0. The number of carbonyl (C=O) groups is 1. The van der Waals surface area contributed by atoms with Crippen LogP contribution in [0.2, 0.25) is 0 Å². The monoisotopic (exact) mass is 302 g/mol. The van der Waals surface area contributed by atoms with Crippen molar-refractivity contribution in [3.63, 3.8) is 0 Å². The molecular formula is C16H18N2O4. The van der Waals surface area contributed by atoms with Gasteiger partial charge in [0, 0.05) is 11.6 Å². The molecule has 0 N–H and O–H groups in total. The number of esters is 1. The molecule has 1 aromatic heterocycles. The van der Waals surface area contributed by atoms with Gasteiger partial charge in [-0.1, -0.05) is 19.1 Å². The van der Waals surface area contributed by atoms with Crippen LogP contribution < -0.4 is 10.3 Å². The highest BCUT2D eigenvalue weighted by atomic mass is 16.5. The molecule has 6 heteroatoms. The maximum Gasteiger partial charge on any atom is 0.330 e. The predicted molar refractivity (Wildman–Crippen MR) is 81.8 cm³/mol. The summed E-state index contributed by atoms with van der Waals surface area (Å²) in [5.74, 6) is 0.206. The zero-order valence-electron chi connectivity index (χ0n) is 12.8. The van der Waals surface area contributed by atoms with E-state index in [0.29, 0.717) is 17.9 Å². The Morgan fingerprint density at radius 2 is 2.05 bits per heavy atom. The molecule has 0 bridgehead atoms. The first-order chi connectivity index (χ1) is 10.6. The van der Waals surface area contributed by atoms with Crippen molar-refractivity contribution in [3.05, 3.63) is 46.8 Å². The van der Waals surface area contributed by atoms with Crippen LogP contribution in [0.1, 0.15) is 19.4 Å². The van der Waals surface area contributed by atoms with E-state index in [1.807, 2.05) is 24.3 Å². The Balaban J connectivity index is 2.50. The number of benzene rings is 1. The number of methoxy groups -OCH3 is 2. The number of carbonyl (C=O) groups excluding carboxylic acids is 1. The fourth-order valence-electron chi connectivity index (χ4n) is 2.16. The topological polar surface area (TPSA) is 70.4 Å². The number of ether oxygens (including phenoxy) is 2. The summed E-state index contributed by atoms with van der Waals surface area (Å²) in [4.78, 5) is 23.8. The molecule has 1 aromatic carbocycles. The molecule has 0 unspecified atom stereocenters. The van der Waals surface area contributed by atoms with Crippen LogP contribution >= 0.6 is 0 Å². The summed E-state index contributed by atoms with van der Waals surface area (Å²) < 4.78 is 11.1. The van der Waals surface area contributed by atoms with Crippen LogP contribution in [0.4, 0.5) is 0 Å². The summed E-state index contributed by atoms with van der Waals surface area (Å²) >= 11 is 0. The van der Waals surface area contributed by atoms with Crippen LogP contribution in [0.15, 0.2) is 41.2 Å². The number of nitrogens with zero attached hydrogens (tertiary/aromatic N) is 2. The Kier molecular flexibility index (Phi) is 4.93. The molecule has 0 amide bonds. The molecule has 2 rings (SSSR count). The lowest BCUT2D eigenvalue weighted by Gasteiger charge is -2.15. The van der Waals surface area contributed by atoms with Gasteiger partial charge in [0.1, 0.15) is 5.75 Å². The molecule has 0 radical (unpaired) electrons. The second kappa shape index (κ2) is 6.89. The molecule has 0 aliphatic heterocycles. The fraction of sp³-hybridized carbons (Fsp3) is 0.312. The van der Waals surface area contributed by atoms with E-state index in [1.165, 1.54) is 17.9 Å². The molecular weight excluding hydrogens is 284 g/mol. The fourth-order valence-corrected chi connectivity index (χ4v) is 2.16. The van der Waals surface area contributed by atoms with Crippen molar-refractivity contribution >= 4 is 5.97 Å². The standard InChI is InChI=1S/C16H18N2O4/c1-4-14(16(20)22-3)18-15(19)9-8-13(17-18)11-6-5-7-12(10-11)21-2/h5-10,14H,4H2,1-3H3/t14-/m1/s1. The van der Waals surface area contributed by atoms with Gasteiger partial charge in [-0.25, -0.2) is 9.48 Å². The molecule has 0 saturated carbocycles. The summed E-state index contributed by atoms with van der Waals surface area (Å²) in [6.07, 6.45) is 0.418. The first kappa shape index (κ1) is 15.8. The third-order valence-corrected chi connectivity index (χ3v) is 3.35. The zero-order valence-corrected chi connectivity index (χ0v) is 12.8. The lowest BCUT2D eigenvalue weighted by atomic mass is 10.1. The average Bonchev–Trinajstić information content (AvgIpc) is 2.56. The molecule has 116 valence electrons. The number of aromatic nitrogens is 2. The first-order valence-electron chi connectivity index (χ1n) is 6.92. The van der Waals surface area contributed by atoms with Crippen molar-refractivity contribution in [2.24, 2.45) is 0 Å². The van der Waals surface area contributed by atoms with E-state index in [-0.39, 0.29) is 5.56 Å². The van der Waals surface area contributed by atoms with E-state index in [2.05, 4.69) is 5.10 Å². The quantitative estimate of drug-likeness (QED) is 0.790. The van der Waals surface area contributed by atoms with Gasteiger partial charge in [-0.05, 0) is 24.6 Å². The van der Waals surface area contributed by atoms with Gasteiger partial charge < -0.3 is 9.47 Å². The van der Waals surface area contributed by atoms with Gasteiger partial charge in [-0.2, -0.15) is 5.10 Å². The number of hydrogen-bond acceptors (Lipinski definition) is 5. The molecule has 0 saturated heterocycles. The first-order valence-corrected chi connectivity index (χ1v) is 6.92. The molecule has 0 fully saturated rings. The van der Waals surface area contributed by atoms with Crippen LogP contribution in [-0.4, -0.2) is 30.0 Å².